The molecule has 3 aromatic rings. The largest absolute Gasteiger partial charge is 0.396 e. The first kappa shape index (κ1) is 23.2. The molecule has 1 saturated carbocycles. The van der Waals surface area contributed by atoms with Gasteiger partial charge in [0, 0.05) is 29.9 Å². The van der Waals surface area contributed by atoms with Gasteiger partial charge in [-0.15, -0.1) is 12.4 Å². The van der Waals surface area contributed by atoms with Crippen molar-refractivity contribution < 1.29 is 5.11 Å². The Morgan fingerprint density at radius 1 is 1.43 bits per heavy atom. The maximum atomic E-state index is 9.60. The lowest BCUT2D eigenvalue weighted by Gasteiger charge is -2.20. The molecule has 0 radical (unpaired) electrons. The van der Waals surface area contributed by atoms with Crippen LogP contribution in [-0.4, -0.2) is 37.5 Å². The van der Waals surface area contributed by atoms with Gasteiger partial charge in [0.15, 0.2) is 5.65 Å². The van der Waals surface area contributed by atoms with Crippen molar-refractivity contribution in [2.75, 3.05) is 11.9 Å². The number of fused-ring (bicyclic) bond motifs is 1. The highest BCUT2D eigenvalue weighted by Gasteiger charge is 2.34. The lowest BCUT2D eigenvalue weighted by molar-refractivity contribution is 0.148. The van der Waals surface area contributed by atoms with E-state index in [1.165, 1.54) is 0 Å². The predicted octanol–water partition coefficient (Wildman–Crippen LogP) is 4.64. The molecule has 4 N–H and O–H groups in total. The Morgan fingerprint density at radius 3 is 2.87 bits per heavy atom. The average molecular weight is 516 g/mol. The molecule has 2 heterocycles. The predicted molar refractivity (Wildman–Crippen MR) is 126 cm³/mol. The monoisotopic (exact) mass is 514 g/mol. The van der Waals surface area contributed by atoms with Gasteiger partial charge in [-0.2, -0.15) is 10.1 Å². The normalized spacial score (nSPS) is 22.1. The summed E-state index contributed by atoms with van der Waals surface area (Å²) in [4.78, 5) is 9.19. The van der Waals surface area contributed by atoms with Crippen LogP contribution in [0.25, 0.3) is 16.7 Å². The molecule has 162 valence electrons. The highest BCUT2D eigenvalue weighted by molar-refractivity contribution is 9.10. The third kappa shape index (κ3) is 4.57. The van der Waals surface area contributed by atoms with Gasteiger partial charge < -0.3 is 16.2 Å². The quantitative estimate of drug-likeness (QED) is 0.457. The number of nitrogens with zero attached hydrogens (tertiary/aromatic N) is 4. The number of aliphatic hydroxyl groups excluding tert-OH is 1. The van der Waals surface area contributed by atoms with E-state index in [0.29, 0.717) is 21.2 Å². The number of hydrogen-bond donors (Lipinski definition) is 3. The summed E-state index contributed by atoms with van der Waals surface area (Å²) in [7, 11) is 0. The van der Waals surface area contributed by atoms with Crippen molar-refractivity contribution in [3.8, 4) is 5.69 Å². The molecule has 7 nitrogen and oxygen atoms in total. The van der Waals surface area contributed by atoms with E-state index in [9.17, 15) is 5.11 Å². The zero-order valence-electron chi connectivity index (χ0n) is 16.8. The van der Waals surface area contributed by atoms with Crippen molar-refractivity contribution in [3.05, 3.63) is 39.6 Å². The minimum atomic E-state index is -0.146. The highest BCUT2D eigenvalue weighted by atomic mass is 79.9. The average Bonchev–Trinajstić information content (AvgIpc) is 3.22. The van der Waals surface area contributed by atoms with Crippen molar-refractivity contribution in [2.45, 2.75) is 45.2 Å². The Labute approximate surface area is 195 Å². The summed E-state index contributed by atoms with van der Waals surface area (Å²) >= 11 is 9.81. The van der Waals surface area contributed by atoms with Crippen LogP contribution in [0.4, 0.5) is 5.95 Å². The zero-order chi connectivity index (χ0) is 20.8. The molecule has 1 aliphatic carbocycles. The molecular formula is C20H25BrCl2N6O. The highest BCUT2D eigenvalue weighted by Crippen LogP contribution is 2.38. The molecule has 1 fully saturated rings. The maximum Gasteiger partial charge on any atom is 0.224 e. The molecule has 3 atom stereocenters. The van der Waals surface area contributed by atoms with Crippen LogP contribution in [-0.2, 0) is 0 Å². The summed E-state index contributed by atoms with van der Waals surface area (Å²) < 4.78 is 2.41. The summed E-state index contributed by atoms with van der Waals surface area (Å²) in [6, 6.07) is 5.75. The SMILES string of the molecule is C[C@H](N)c1cc(Cl)cc(-n2nc(Br)c3cnc(N[C@@H]4CC[C@@](C)(CO)C4)nc32)c1.Cl. The number of aromatic nitrogens is 4. The second-order valence-corrected chi connectivity index (χ2v) is 9.41. The van der Waals surface area contributed by atoms with Gasteiger partial charge in [0.1, 0.15) is 4.60 Å². The Kier molecular flexibility index (Phi) is 6.94. The van der Waals surface area contributed by atoms with E-state index in [4.69, 9.17) is 22.3 Å². The van der Waals surface area contributed by atoms with E-state index in [2.05, 4.69) is 38.3 Å². The molecule has 0 amide bonds. The number of nitrogens with two attached hydrogens (primary N) is 1. The van der Waals surface area contributed by atoms with Gasteiger partial charge in [-0.3, -0.25) is 0 Å². The summed E-state index contributed by atoms with van der Waals surface area (Å²) in [5, 5.41) is 19.0. The minimum absolute atomic E-state index is 0. The minimum Gasteiger partial charge on any atom is -0.396 e. The van der Waals surface area contributed by atoms with E-state index in [-0.39, 0.29) is 36.5 Å². The Hall–Kier alpha value is -1.45. The molecule has 0 aliphatic heterocycles. The molecule has 10 heteroatoms. The molecular weight excluding hydrogens is 491 g/mol. The number of hydrogen-bond acceptors (Lipinski definition) is 6. The molecule has 4 rings (SSSR count). The molecule has 2 aromatic heterocycles. The third-order valence-corrected chi connectivity index (χ3v) is 6.41. The summed E-state index contributed by atoms with van der Waals surface area (Å²) in [6.45, 7) is 4.22. The van der Waals surface area contributed by atoms with Gasteiger partial charge in [-0.05, 0) is 71.3 Å². The second kappa shape index (κ2) is 8.96. The van der Waals surface area contributed by atoms with Gasteiger partial charge in [0.2, 0.25) is 5.95 Å². The Bertz CT molecular complexity index is 1060. The van der Waals surface area contributed by atoms with E-state index in [0.717, 1.165) is 35.9 Å². The first-order chi connectivity index (χ1) is 13.8. The van der Waals surface area contributed by atoms with E-state index < -0.39 is 0 Å². The standard InChI is InChI=1S/C20H24BrClN6O.ClH/c1-11(23)12-5-13(22)7-15(6-12)28-18-16(17(21)27-28)9-24-19(26-18)25-14-3-4-20(2,8-14)10-29;/h5-7,9,11,14,29H,3-4,8,10,23H2,1-2H3,(H,24,25,26);1H/t11-,14+,20+;/m0./s1. The Morgan fingerprint density at radius 2 is 2.20 bits per heavy atom. The van der Waals surface area contributed by atoms with Crippen LogP contribution in [0.2, 0.25) is 5.02 Å². The van der Waals surface area contributed by atoms with Crippen LogP contribution in [0.5, 0.6) is 0 Å². The molecule has 0 unspecified atom stereocenters. The Balaban J connectivity index is 0.00000256. The first-order valence-corrected chi connectivity index (χ1v) is 10.8. The van der Waals surface area contributed by atoms with Crippen molar-refractivity contribution in [3.63, 3.8) is 0 Å². The lowest BCUT2D eigenvalue weighted by atomic mass is 9.90. The van der Waals surface area contributed by atoms with Crippen molar-refractivity contribution >= 4 is 56.9 Å². The molecule has 0 saturated heterocycles. The molecule has 30 heavy (non-hydrogen) atoms. The van der Waals surface area contributed by atoms with Crippen molar-refractivity contribution in [2.24, 2.45) is 11.1 Å². The van der Waals surface area contributed by atoms with Crippen LogP contribution in [0.3, 0.4) is 0 Å². The molecule has 1 aliphatic rings. The summed E-state index contributed by atoms with van der Waals surface area (Å²) in [6.07, 6.45) is 4.61. The van der Waals surface area contributed by atoms with Crippen molar-refractivity contribution in [1.82, 2.24) is 19.7 Å². The number of aliphatic hydroxyl groups is 1. The fourth-order valence-electron chi connectivity index (χ4n) is 3.87. The van der Waals surface area contributed by atoms with Gasteiger partial charge in [0.25, 0.3) is 0 Å². The molecule has 1 aromatic carbocycles. The van der Waals surface area contributed by atoms with Crippen molar-refractivity contribution in [1.29, 1.82) is 0 Å². The van der Waals surface area contributed by atoms with Crippen LogP contribution in [0.1, 0.15) is 44.7 Å². The fraction of sp³-hybridized carbons (Fsp3) is 0.450. The van der Waals surface area contributed by atoms with Crippen LogP contribution in [0, 0.1) is 5.41 Å². The van der Waals surface area contributed by atoms with Gasteiger partial charge in [0.05, 0.1) is 11.1 Å². The second-order valence-electron chi connectivity index (χ2n) is 8.22. The molecule has 0 spiro atoms. The smallest absolute Gasteiger partial charge is 0.224 e. The summed E-state index contributed by atoms with van der Waals surface area (Å²) in [5.41, 5.74) is 8.40. The van der Waals surface area contributed by atoms with Crippen LogP contribution >= 0.6 is 39.9 Å². The van der Waals surface area contributed by atoms with E-state index in [1.807, 2.05) is 25.1 Å². The zero-order valence-corrected chi connectivity index (χ0v) is 19.9. The number of rotatable bonds is 5. The summed E-state index contributed by atoms with van der Waals surface area (Å²) in [5.74, 6) is 0.549. The van der Waals surface area contributed by atoms with Gasteiger partial charge >= 0.3 is 0 Å². The third-order valence-electron chi connectivity index (χ3n) is 5.61. The lowest BCUT2D eigenvalue weighted by Crippen LogP contribution is -2.22. The van der Waals surface area contributed by atoms with Gasteiger partial charge in [-0.25, -0.2) is 9.67 Å². The van der Waals surface area contributed by atoms with E-state index >= 15 is 0 Å². The topological polar surface area (TPSA) is 102 Å². The number of benzene rings is 1. The van der Waals surface area contributed by atoms with Crippen LogP contribution in [0.15, 0.2) is 29.0 Å². The number of anilines is 1. The van der Waals surface area contributed by atoms with E-state index in [1.54, 1.807) is 10.9 Å². The van der Waals surface area contributed by atoms with Gasteiger partial charge in [-0.1, -0.05) is 18.5 Å². The maximum absolute atomic E-state index is 9.60. The first-order valence-electron chi connectivity index (χ1n) is 9.63. The number of nitrogens with one attached hydrogen (secondary N) is 1. The molecule has 0 bridgehead atoms. The van der Waals surface area contributed by atoms with Crippen LogP contribution < -0.4 is 11.1 Å². The fourth-order valence-corrected chi connectivity index (χ4v) is 4.55. The number of halogens is 3.